The van der Waals surface area contributed by atoms with E-state index in [0.29, 0.717) is 11.6 Å². The molecular formula is C8H11N3O2. The molecule has 5 nitrogen and oxygen atoms in total. The van der Waals surface area contributed by atoms with Crippen LogP contribution in [-0.2, 0) is 4.79 Å². The number of anilines is 1. The van der Waals surface area contributed by atoms with Crippen molar-refractivity contribution in [3.8, 4) is 5.75 Å². The predicted molar refractivity (Wildman–Crippen MR) is 47.7 cm³/mol. The van der Waals surface area contributed by atoms with Gasteiger partial charge >= 0.3 is 5.97 Å². The van der Waals surface area contributed by atoms with Crippen molar-refractivity contribution in [3.63, 3.8) is 0 Å². The van der Waals surface area contributed by atoms with Crippen LogP contribution < -0.4 is 9.64 Å². The number of hydrogen-bond donors (Lipinski definition) is 0. The van der Waals surface area contributed by atoms with Gasteiger partial charge in [-0.15, -0.1) is 5.10 Å². The summed E-state index contributed by atoms with van der Waals surface area (Å²) < 4.78 is 4.84. The number of hydrogen-bond acceptors (Lipinski definition) is 5. The molecule has 0 N–H and O–H groups in total. The fourth-order valence-corrected chi connectivity index (χ4v) is 0.779. The van der Waals surface area contributed by atoms with E-state index in [0.717, 1.165) is 0 Å². The van der Waals surface area contributed by atoms with Gasteiger partial charge in [0.1, 0.15) is 0 Å². The van der Waals surface area contributed by atoms with Crippen LogP contribution in [0.5, 0.6) is 5.75 Å². The van der Waals surface area contributed by atoms with Crippen molar-refractivity contribution in [1.82, 2.24) is 10.2 Å². The van der Waals surface area contributed by atoms with Gasteiger partial charge < -0.3 is 9.64 Å². The van der Waals surface area contributed by atoms with E-state index < -0.39 is 0 Å². The van der Waals surface area contributed by atoms with Gasteiger partial charge in [-0.1, -0.05) is 0 Å². The normalized spacial score (nSPS) is 9.46. The molecular weight excluding hydrogens is 170 g/mol. The summed E-state index contributed by atoms with van der Waals surface area (Å²) in [5, 5.41) is 7.52. The van der Waals surface area contributed by atoms with Crippen LogP contribution in [0, 0.1) is 0 Å². The van der Waals surface area contributed by atoms with Crippen molar-refractivity contribution in [2.24, 2.45) is 0 Å². The molecule has 5 heteroatoms. The first-order chi connectivity index (χ1) is 6.09. The molecule has 0 saturated heterocycles. The van der Waals surface area contributed by atoms with Crippen LogP contribution in [0.1, 0.15) is 6.92 Å². The minimum Gasteiger partial charge on any atom is -0.425 e. The number of carbonyl (C=O) groups is 1. The Morgan fingerprint density at radius 2 is 2.23 bits per heavy atom. The van der Waals surface area contributed by atoms with Gasteiger partial charge in [-0.3, -0.25) is 4.79 Å². The number of ether oxygens (including phenoxy) is 1. The van der Waals surface area contributed by atoms with Gasteiger partial charge in [0.05, 0.1) is 6.20 Å². The Balaban J connectivity index is 2.85. The third kappa shape index (κ3) is 2.70. The van der Waals surface area contributed by atoms with Gasteiger partial charge in [-0.25, -0.2) is 0 Å². The first-order valence-corrected chi connectivity index (χ1v) is 3.78. The molecule has 1 rings (SSSR count). The van der Waals surface area contributed by atoms with Gasteiger partial charge in [0.25, 0.3) is 0 Å². The number of aromatic nitrogens is 2. The molecule has 1 heterocycles. The highest BCUT2D eigenvalue weighted by atomic mass is 16.5. The topological polar surface area (TPSA) is 55.3 Å². The summed E-state index contributed by atoms with van der Waals surface area (Å²) in [7, 11) is 3.67. The van der Waals surface area contributed by atoms with Crippen molar-refractivity contribution < 1.29 is 9.53 Å². The molecule has 0 bridgehead atoms. The molecule has 1 aromatic rings. The van der Waals surface area contributed by atoms with Crippen molar-refractivity contribution in [2.75, 3.05) is 19.0 Å². The molecule has 0 aliphatic carbocycles. The van der Waals surface area contributed by atoms with Gasteiger partial charge in [-0.2, -0.15) is 5.10 Å². The van der Waals surface area contributed by atoms with Gasteiger partial charge in [0, 0.05) is 27.1 Å². The molecule has 0 unspecified atom stereocenters. The van der Waals surface area contributed by atoms with E-state index in [2.05, 4.69) is 10.2 Å². The maximum Gasteiger partial charge on any atom is 0.308 e. The Hall–Kier alpha value is -1.65. The lowest BCUT2D eigenvalue weighted by Gasteiger charge is -2.10. The Morgan fingerprint density at radius 3 is 2.77 bits per heavy atom. The Labute approximate surface area is 76.3 Å². The van der Waals surface area contributed by atoms with Crippen LogP contribution in [0.25, 0.3) is 0 Å². The van der Waals surface area contributed by atoms with Gasteiger partial charge in [-0.05, 0) is 0 Å². The van der Waals surface area contributed by atoms with Crippen LogP contribution in [0.3, 0.4) is 0 Å². The zero-order valence-electron chi connectivity index (χ0n) is 7.81. The SMILES string of the molecule is CC(=O)Oc1cnnc(N(C)C)c1. The third-order valence-electron chi connectivity index (χ3n) is 1.34. The number of nitrogens with zero attached hydrogens (tertiary/aromatic N) is 3. The van der Waals surface area contributed by atoms with Crippen LogP contribution in [0.2, 0.25) is 0 Å². The summed E-state index contributed by atoms with van der Waals surface area (Å²) in [6.45, 7) is 1.34. The highest BCUT2D eigenvalue weighted by Gasteiger charge is 2.02. The zero-order chi connectivity index (χ0) is 9.84. The number of carbonyl (C=O) groups excluding carboxylic acids is 1. The molecule has 0 radical (unpaired) electrons. The molecule has 70 valence electrons. The van der Waals surface area contributed by atoms with Crippen molar-refractivity contribution in [2.45, 2.75) is 6.92 Å². The van der Waals surface area contributed by atoms with E-state index in [1.54, 1.807) is 11.0 Å². The Bertz CT molecular complexity index is 312. The molecule has 0 saturated carbocycles. The summed E-state index contributed by atoms with van der Waals surface area (Å²) in [5.41, 5.74) is 0. The summed E-state index contributed by atoms with van der Waals surface area (Å²) in [5.74, 6) is 0.697. The molecule has 0 aromatic carbocycles. The molecule has 0 atom stereocenters. The smallest absolute Gasteiger partial charge is 0.308 e. The van der Waals surface area contributed by atoms with Crippen molar-refractivity contribution >= 4 is 11.8 Å². The first kappa shape index (κ1) is 9.44. The average molecular weight is 181 g/mol. The fourth-order valence-electron chi connectivity index (χ4n) is 0.779. The van der Waals surface area contributed by atoms with E-state index in [9.17, 15) is 4.79 Å². The second-order valence-electron chi connectivity index (χ2n) is 2.74. The summed E-state index contributed by atoms with van der Waals surface area (Å²) in [6, 6.07) is 1.65. The number of rotatable bonds is 2. The highest BCUT2D eigenvalue weighted by Crippen LogP contribution is 2.14. The van der Waals surface area contributed by atoms with E-state index in [4.69, 9.17) is 4.74 Å². The lowest BCUT2D eigenvalue weighted by molar-refractivity contribution is -0.131. The van der Waals surface area contributed by atoms with Crippen LogP contribution in [0.4, 0.5) is 5.82 Å². The Morgan fingerprint density at radius 1 is 1.54 bits per heavy atom. The maximum atomic E-state index is 10.6. The predicted octanol–water partition coefficient (Wildman–Crippen LogP) is 0.468. The molecule has 0 aliphatic rings. The van der Waals surface area contributed by atoms with E-state index >= 15 is 0 Å². The highest BCUT2D eigenvalue weighted by molar-refractivity contribution is 5.69. The standard InChI is InChI=1S/C8H11N3O2/c1-6(12)13-7-4-8(11(2)3)10-9-5-7/h4-5H,1-3H3. The fraction of sp³-hybridized carbons (Fsp3) is 0.375. The summed E-state index contributed by atoms with van der Waals surface area (Å²) in [4.78, 5) is 12.4. The minimum atomic E-state index is -0.363. The third-order valence-corrected chi connectivity index (χ3v) is 1.34. The number of esters is 1. The molecule has 0 fully saturated rings. The van der Waals surface area contributed by atoms with Crippen LogP contribution >= 0.6 is 0 Å². The quantitative estimate of drug-likeness (QED) is 0.621. The van der Waals surface area contributed by atoms with Gasteiger partial charge in [0.15, 0.2) is 11.6 Å². The van der Waals surface area contributed by atoms with Crippen molar-refractivity contribution in [1.29, 1.82) is 0 Å². The van der Waals surface area contributed by atoms with Crippen LogP contribution in [0.15, 0.2) is 12.3 Å². The van der Waals surface area contributed by atoms with Gasteiger partial charge in [0.2, 0.25) is 0 Å². The summed E-state index contributed by atoms with van der Waals surface area (Å²) in [6.07, 6.45) is 1.40. The van der Waals surface area contributed by atoms with Crippen LogP contribution in [-0.4, -0.2) is 30.3 Å². The second kappa shape index (κ2) is 3.84. The Kier molecular flexibility index (Phi) is 2.79. The molecule has 13 heavy (non-hydrogen) atoms. The average Bonchev–Trinajstić information content (AvgIpc) is 2.03. The largest absolute Gasteiger partial charge is 0.425 e. The lowest BCUT2D eigenvalue weighted by Crippen LogP contribution is -2.12. The second-order valence-corrected chi connectivity index (χ2v) is 2.74. The molecule has 0 aliphatic heterocycles. The monoisotopic (exact) mass is 181 g/mol. The first-order valence-electron chi connectivity index (χ1n) is 3.78. The molecule has 1 aromatic heterocycles. The zero-order valence-corrected chi connectivity index (χ0v) is 7.81. The van der Waals surface area contributed by atoms with E-state index in [1.807, 2.05) is 14.1 Å². The summed E-state index contributed by atoms with van der Waals surface area (Å²) >= 11 is 0. The molecule has 0 spiro atoms. The van der Waals surface area contributed by atoms with Crippen molar-refractivity contribution in [3.05, 3.63) is 12.3 Å². The lowest BCUT2D eigenvalue weighted by atomic mass is 10.5. The van der Waals surface area contributed by atoms with E-state index in [1.165, 1.54) is 13.1 Å². The molecule has 0 amide bonds. The van der Waals surface area contributed by atoms with E-state index in [-0.39, 0.29) is 5.97 Å². The minimum absolute atomic E-state index is 0.363. The maximum absolute atomic E-state index is 10.6.